The van der Waals surface area contributed by atoms with E-state index in [0.717, 1.165) is 19.3 Å². The summed E-state index contributed by atoms with van der Waals surface area (Å²) in [6, 6.07) is 6.09. The lowest BCUT2D eigenvalue weighted by Gasteiger charge is -2.30. The third kappa shape index (κ3) is 7.65. The number of hydrogen-bond acceptors (Lipinski definition) is 9. The van der Waals surface area contributed by atoms with Crippen LogP contribution in [-0.4, -0.2) is 77.6 Å². The van der Waals surface area contributed by atoms with E-state index in [1.54, 1.807) is 24.3 Å². The van der Waals surface area contributed by atoms with Gasteiger partial charge in [-0.2, -0.15) is 0 Å². The molecule has 4 heterocycles. The summed E-state index contributed by atoms with van der Waals surface area (Å²) in [5.74, 6) is -2.18. The third-order valence-corrected chi connectivity index (χ3v) is 12.5. The van der Waals surface area contributed by atoms with Gasteiger partial charge in [0.05, 0.1) is 30.9 Å². The maximum Gasteiger partial charge on any atom is 0.410 e. The molecule has 7 rings (SSSR count). The minimum absolute atomic E-state index is 0.0270. The van der Waals surface area contributed by atoms with Crippen LogP contribution in [0.25, 0.3) is 0 Å². The van der Waals surface area contributed by atoms with Gasteiger partial charge in [0, 0.05) is 24.4 Å². The van der Waals surface area contributed by atoms with Crippen LogP contribution in [-0.2, 0) is 48.8 Å². The summed E-state index contributed by atoms with van der Waals surface area (Å²) in [4.78, 5) is 58.2. The molecule has 0 radical (unpaired) electrons. The molecule has 51 heavy (non-hydrogen) atoms. The van der Waals surface area contributed by atoms with Crippen molar-refractivity contribution in [1.29, 1.82) is 0 Å². The van der Waals surface area contributed by atoms with Crippen molar-refractivity contribution in [3.8, 4) is 0 Å². The van der Waals surface area contributed by atoms with Crippen LogP contribution < -0.4 is 15.4 Å². The lowest BCUT2D eigenvalue weighted by molar-refractivity contribution is -0.141. The van der Waals surface area contributed by atoms with E-state index in [1.165, 1.54) is 15.9 Å². The molecule has 13 nitrogen and oxygen atoms in total. The van der Waals surface area contributed by atoms with Gasteiger partial charge < -0.3 is 19.4 Å². The highest BCUT2D eigenvalue weighted by Crippen LogP contribution is 2.46. The molecule has 3 aliphatic heterocycles. The van der Waals surface area contributed by atoms with Crippen LogP contribution in [0, 0.1) is 11.7 Å². The van der Waals surface area contributed by atoms with E-state index in [1.807, 2.05) is 12.2 Å². The van der Waals surface area contributed by atoms with Gasteiger partial charge in [0.2, 0.25) is 21.8 Å². The summed E-state index contributed by atoms with van der Waals surface area (Å²) in [6.07, 6.45) is 6.80. The third-order valence-electron chi connectivity index (χ3n) is 10.4. The van der Waals surface area contributed by atoms with Gasteiger partial charge in [-0.1, -0.05) is 37.1 Å². The Labute approximate surface area is 300 Å². The Hall–Kier alpha value is -3.95. The molecular formula is C35H41ClFN5O8S. The molecule has 0 spiro atoms. The summed E-state index contributed by atoms with van der Waals surface area (Å²) >= 11 is 5.96. The predicted molar refractivity (Wildman–Crippen MR) is 182 cm³/mol. The molecule has 0 bridgehead atoms. The fraction of sp³-hybridized carbons (Fsp3) is 0.543. The second-order valence-corrected chi connectivity index (χ2v) is 16.5. The van der Waals surface area contributed by atoms with E-state index in [-0.39, 0.29) is 44.2 Å². The lowest BCUT2D eigenvalue weighted by atomic mass is 10.0. The summed E-state index contributed by atoms with van der Waals surface area (Å²) in [5, 5.41) is 5.65. The molecule has 274 valence electrons. The van der Waals surface area contributed by atoms with Crippen LogP contribution in [0.1, 0.15) is 74.7 Å². The van der Waals surface area contributed by atoms with E-state index in [2.05, 4.69) is 15.4 Å². The van der Waals surface area contributed by atoms with Crippen LogP contribution in [0.3, 0.4) is 0 Å². The smallest absolute Gasteiger partial charge is 0.410 e. The van der Waals surface area contributed by atoms with Crippen molar-refractivity contribution in [1.82, 2.24) is 25.2 Å². The number of nitrogens with zero attached hydrogens (tertiary/aromatic N) is 2. The van der Waals surface area contributed by atoms with Crippen LogP contribution in [0.15, 0.2) is 46.9 Å². The normalized spacial score (nSPS) is 28.8. The van der Waals surface area contributed by atoms with Gasteiger partial charge in [-0.05, 0) is 73.9 Å². The molecule has 3 N–H and O–H groups in total. The zero-order valence-corrected chi connectivity index (χ0v) is 29.5. The van der Waals surface area contributed by atoms with Gasteiger partial charge in [-0.25, -0.2) is 17.6 Å². The predicted octanol–water partition coefficient (Wildman–Crippen LogP) is 3.66. The number of halogens is 2. The first-order valence-electron chi connectivity index (χ1n) is 17.5. The highest BCUT2D eigenvalue weighted by atomic mass is 35.5. The number of ether oxygens (including phenoxy) is 1. The number of benzene rings is 1. The Morgan fingerprint density at radius 2 is 1.92 bits per heavy atom. The van der Waals surface area contributed by atoms with Gasteiger partial charge in [0.1, 0.15) is 29.3 Å². The van der Waals surface area contributed by atoms with Gasteiger partial charge >= 0.3 is 6.09 Å². The minimum Gasteiger partial charge on any atom is -0.448 e. The van der Waals surface area contributed by atoms with Crippen LogP contribution in [0.4, 0.5) is 9.18 Å². The van der Waals surface area contributed by atoms with E-state index in [0.29, 0.717) is 42.6 Å². The first kappa shape index (κ1) is 35.5. The Morgan fingerprint density at radius 1 is 1.10 bits per heavy atom. The number of fused-ring (bicyclic) bond motifs is 3. The van der Waals surface area contributed by atoms with E-state index in [4.69, 9.17) is 20.8 Å². The molecule has 16 heteroatoms. The Balaban J connectivity index is 1.13. The second kappa shape index (κ2) is 14.2. The Kier molecular flexibility index (Phi) is 9.89. The summed E-state index contributed by atoms with van der Waals surface area (Å²) in [5.41, 5.74) is -0.427. The van der Waals surface area contributed by atoms with Gasteiger partial charge in [0.25, 0.3) is 5.91 Å². The number of hydrogen-bond donors (Lipinski definition) is 3. The van der Waals surface area contributed by atoms with Crippen molar-refractivity contribution in [3.63, 3.8) is 0 Å². The molecule has 2 aliphatic carbocycles. The van der Waals surface area contributed by atoms with Crippen molar-refractivity contribution in [2.24, 2.45) is 5.92 Å². The molecule has 0 unspecified atom stereocenters. The van der Waals surface area contributed by atoms with Crippen molar-refractivity contribution < 1.29 is 41.1 Å². The maximum atomic E-state index is 14.4. The first-order chi connectivity index (χ1) is 24.4. The topological polar surface area (TPSA) is 167 Å². The SMILES string of the molecule is O=C1N[C@]2(C(=O)NS(=O)(=O)C3CC3)C[C@@H]2/C=C\CCCCC[C@H](NCc2ccc(Cl)o2)C(=O)N2C[C@H](OC(=O)N3Cc4cccc(F)c4C3)C[C@@H]12. The molecule has 1 aromatic heterocycles. The highest BCUT2D eigenvalue weighted by Gasteiger charge is 2.62. The quantitative estimate of drug-likeness (QED) is 0.359. The standard InChI is InChI=1S/C35H41ClFN5O8S/c36-30-14-11-23(49-30)17-38-28-10-5-3-1-2-4-8-22-16-35(22,33(45)40-51(47,48)25-12-13-25)39-31(43)29-15-24(19-42(29)32(28)44)50-34(46)41-18-21-7-6-9-27(37)26(21)20-41/h4,6-9,11,14,22,24-25,28-29,38H,1-3,5,10,12-13,15-20H2,(H,39,43)(H,40,45)/b8-4-/t22-,24+,28-,29-,35+/m0/s1. The van der Waals surface area contributed by atoms with Crippen molar-refractivity contribution in [2.45, 2.75) is 106 Å². The average Bonchev–Trinajstić information content (AvgIpc) is 3.91. The molecule has 5 atom stereocenters. The number of carbonyl (C=O) groups is 4. The van der Waals surface area contributed by atoms with Gasteiger partial charge in [-0.15, -0.1) is 0 Å². The number of nitrogens with one attached hydrogen (secondary N) is 3. The number of furan rings is 1. The molecule has 4 amide bonds. The van der Waals surface area contributed by atoms with E-state index in [9.17, 15) is 32.0 Å². The highest BCUT2D eigenvalue weighted by molar-refractivity contribution is 7.91. The molecule has 2 saturated carbocycles. The first-order valence-corrected chi connectivity index (χ1v) is 19.4. The minimum atomic E-state index is -3.89. The van der Waals surface area contributed by atoms with Crippen molar-refractivity contribution in [2.75, 3.05) is 6.54 Å². The van der Waals surface area contributed by atoms with Crippen molar-refractivity contribution >= 4 is 45.4 Å². The summed E-state index contributed by atoms with van der Waals surface area (Å²) < 4.78 is 53.4. The summed E-state index contributed by atoms with van der Waals surface area (Å²) in [7, 11) is -3.89. The van der Waals surface area contributed by atoms with Crippen LogP contribution >= 0.6 is 11.6 Å². The molecule has 2 aromatic rings. The second-order valence-electron chi connectivity index (χ2n) is 14.1. The number of rotatable bonds is 7. The fourth-order valence-electron chi connectivity index (χ4n) is 7.30. The molecule has 3 fully saturated rings. The fourth-order valence-corrected chi connectivity index (χ4v) is 8.83. The van der Waals surface area contributed by atoms with E-state index < -0.39 is 74.5 Å². The Bertz CT molecular complexity index is 1850. The maximum absolute atomic E-state index is 14.4. The molecule has 1 saturated heterocycles. The average molecular weight is 746 g/mol. The van der Waals surface area contributed by atoms with Gasteiger partial charge in [0.15, 0.2) is 5.22 Å². The number of amides is 4. The molecule has 5 aliphatic rings. The lowest BCUT2D eigenvalue weighted by Crippen LogP contribution is -2.58. The zero-order chi connectivity index (χ0) is 35.9. The summed E-state index contributed by atoms with van der Waals surface area (Å²) in [6.45, 7) is 0.284. The number of allylic oxidation sites excluding steroid dienone is 1. The Morgan fingerprint density at radius 3 is 2.67 bits per heavy atom. The molecular weight excluding hydrogens is 705 g/mol. The van der Waals surface area contributed by atoms with E-state index >= 15 is 0 Å². The largest absolute Gasteiger partial charge is 0.448 e. The number of sulfonamides is 1. The monoisotopic (exact) mass is 745 g/mol. The van der Waals surface area contributed by atoms with Gasteiger partial charge in [-0.3, -0.25) is 29.3 Å². The van der Waals surface area contributed by atoms with Crippen LogP contribution in [0.5, 0.6) is 0 Å². The molecule has 1 aromatic carbocycles. The number of carbonyl (C=O) groups excluding carboxylic acids is 4. The van der Waals surface area contributed by atoms with Crippen molar-refractivity contribution in [3.05, 3.63) is 70.4 Å². The van der Waals surface area contributed by atoms with Crippen LogP contribution in [0.2, 0.25) is 5.22 Å². The zero-order valence-electron chi connectivity index (χ0n) is 27.9.